The maximum atomic E-state index is 2.47. The van der Waals surface area contributed by atoms with Gasteiger partial charge < -0.3 is 0 Å². The third-order valence-electron chi connectivity index (χ3n) is 4.81. The predicted octanol–water partition coefficient (Wildman–Crippen LogP) is 6.84. The Labute approximate surface area is 117 Å². The van der Waals surface area contributed by atoms with Crippen LogP contribution in [0.4, 0.5) is 0 Å². The average Bonchev–Trinajstić information content (AvgIpc) is 2.37. The van der Waals surface area contributed by atoms with E-state index in [0.29, 0.717) is 0 Å². The van der Waals surface area contributed by atoms with Gasteiger partial charge in [-0.1, -0.05) is 92.4 Å². The minimum absolute atomic E-state index is 0.938. The summed E-state index contributed by atoms with van der Waals surface area (Å²) < 4.78 is 0. The summed E-state index contributed by atoms with van der Waals surface area (Å²) in [6.45, 7) is 11.9. The molecule has 0 amide bonds. The Hall–Kier alpha value is 0. The van der Waals surface area contributed by atoms with Crippen LogP contribution in [0.3, 0.4) is 0 Å². The summed E-state index contributed by atoms with van der Waals surface area (Å²) in [5, 5.41) is 0. The molecule has 18 heavy (non-hydrogen) atoms. The fourth-order valence-electron chi connectivity index (χ4n) is 3.27. The van der Waals surface area contributed by atoms with E-state index in [1.165, 1.54) is 64.2 Å². The van der Waals surface area contributed by atoms with Crippen molar-refractivity contribution in [3.8, 4) is 0 Å². The molecule has 0 aliphatic carbocycles. The molecule has 0 saturated heterocycles. The van der Waals surface area contributed by atoms with Crippen molar-refractivity contribution in [2.24, 2.45) is 17.8 Å². The normalized spacial score (nSPS) is 16.5. The fraction of sp³-hybridized carbons (Fsp3) is 1.00. The topological polar surface area (TPSA) is 0 Å². The van der Waals surface area contributed by atoms with Crippen molar-refractivity contribution in [3.63, 3.8) is 0 Å². The molecule has 110 valence electrons. The summed E-state index contributed by atoms with van der Waals surface area (Å²) in [5.41, 5.74) is 0. The highest BCUT2D eigenvalue weighted by Crippen LogP contribution is 2.29. The molecule has 0 aromatic rings. The maximum absolute atomic E-state index is 2.47. The summed E-state index contributed by atoms with van der Waals surface area (Å²) in [5.74, 6) is 2.91. The van der Waals surface area contributed by atoms with Gasteiger partial charge in [-0.15, -0.1) is 0 Å². The Balaban J connectivity index is 3.91. The van der Waals surface area contributed by atoms with Crippen molar-refractivity contribution in [3.05, 3.63) is 0 Å². The van der Waals surface area contributed by atoms with Crippen molar-refractivity contribution in [2.75, 3.05) is 0 Å². The number of rotatable bonds is 12. The van der Waals surface area contributed by atoms with Crippen molar-refractivity contribution in [2.45, 2.75) is 98.8 Å². The molecule has 0 aromatic heterocycles. The molecule has 3 atom stereocenters. The predicted molar refractivity (Wildman–Crippen MR) is 85.0 cm³/mol. The standard InChI is InChI=1S/C18H38/c1-6-10-11-13-17(8-3)14-15-18(9-4)16(5)12-7-2/h16-18H,6-15H2,1-5H3. The van der Waals surface area contributed by atoms with Gasteiger partial charge in [0.2, 0.25) is 0 Å². The van der Waals surface area contributed by atoms with Gasteiger partial charge >= 0.3 is 0 Å². The van der Waals surface area contributed by atoms with Gasteiger partial charge in [0.1, 0.15) is 0 Å². The molecule has 0 aromatic carbocycles. The molecule has 0 nitrogen and oxygen atoms in total. The van der Waals surface area contributed by atoms with E-state index in [-0.39, 0.29) is 0 Å². The Morgan fingerprint density at radius 3 is 1.89 bits per heavy atom. The first-order valence-electron chi connectivity index (χ1n) is 8.69. The SMILES string of the molecule is CCCCCC(CC)CCC(CC)C(C)CCC. The van der Waals surface area contributed by atoms with E-state index >= 15 is 0 Å². The van der Waals surface area contributed by atoms with E-state index in [4.69, 9.17) is 0 Å². The second-order valence-electron chi connectivity index (χ2n) is 6.28. The van der Waals surface area contributed by atoms with Crippen LogP contribution in [0.15, 0.2) is 0 Å². The second-order valence-corrected chi connectivity index (χ2v) is 6.28. The summed E-state index contributed by atoms with van der Waals surface area (Å²) in [7, 11) is 0. The third kappa shape index (κ3) is 8.16. The first-order chi connectivity index (χ1) is 8.69. The fourth-order valence-corrected chi connectivity index (χ4v) is 3.27. The van der Waals surface area contributed by atoms with Crippen LogP contribution in [0, 0.1) is 17.8 Å². The summed E-state index contributed by atoms with van der Waals surface area (Å²) >= 11 is 0. The van der Waals surface area contributed by atoms with E-state index in [1.807, 2.05) is 0 Å². The highest BCUT2D eigenvalue weighted by atomic mass is 14.2. The van der Waals surface area contributed by atoms with Crippen LogP contribution in [0.1, 0.15) is 98.8 Å². The van der Waals surface area contributed by atoms with Gasteiger partial charge in [0.15, 0.2) is 0 Å². The van der Waals surface area contributed by atoms with Crippen molar-refractivity contribution in [1.82, 2.24) is 0 Å². The molecule has 0 N–H and O–H groups in total. The Kier molecular flexibility index (Phi) is 12.1. The third-order valence-corrected chi connectivity index (χ3v) is 4.81. The average molecular weight is 255 g/mol. The molecule has 3 unspecified atom stereocenters. The number of hydrogen-bond acceptors (Lipinski definition) is 0. The lowest BCUT2D eigenvalue weighted by Gasteiger charge is -2.24. The Morgan fingerprint density at radius 2 is 1.39 bits per heavy atom. The van der Waals surface area contributed by atoms with E-state index in [0.717, 1.165) is 17.8 Å². The monoisotopic (exact) mass is 254 g/mol. The molecule has 0 saturated carbocycles. The van der Waals surface area contributed by atoms with Gasteiger partial charge in [-0.2, -0.15) is 0 Å². The van der Waals surface area contributed by atoms with Crippen LogP contribution >= 0.6 is 0 Å². The molecule has 0 heteroatoms. The Bertz CT molecular complexity index is 161. The summed E-state index contributed by atoms with van der Waals surface area (Å²) in [6.07, 6.45) is 14.2. The molecule has 0 radical (unpaired) electrons. The quantitative estimate of drug-likeness (QED) is 0.335. The molecule has 0 spiro atoms. The van der Waals surface area contributed by atoms with Crippen LogP contribution in [0.5, 0.6) is 0 Å². The minimum Gasteiger partial charge on any atom is -0.0654 e. The maximum Gasteiger partial charge on any atom is -0.0391 e. The highest BCUT2D eigenvalue weighted by molar-refractivity contribution is 4.68. The number of unbranched alkanes of at least 4 members (excludes halogenated alkanes) is 2. The lowest BCUT2D eigenvalue weighted by Crippen LogP contribution is -2.13. The number of hydrogen-bond donors (Lipinski definition) is 0. The van der Waals surface area contributed by atoms with Crippen LogP contribution in [-0.2, 0) is 0 Å². The molecule has 0 bridgehead atoms. The van der Waals surface area contributed by atoms with Crippen LogP contribution in [-0.4, -0.2) is 0 Å². The van der Waals surface area contributed by atoms with Crippen molar-refractivity contribution < 1.29 is 0 Å². The zero-order chi connectivity index (χ0) is 13.8. The molecular weight excluding hydrogens is 216 g/mol. The van der Waals surface area contributed by atoms with Gasteiger partial charge in [0.25, 0.3) is 0 Å². The molecular formula is C18H38. The van der Waals surface area contributed by atoms with Crippen molar-refractivity contribution >= 4 is 0 Å². The van der Waals surface area contributed by atoms with Gasteiger partial charge in [0, 0.05) is 0 Å². The largest absolute Gasteiger partial charge is 0.0654 e. The molecule has 0 aliphatic rings. The second kappa shape index (κ2) is 12.1. The van der Waals surface area contributed by atoms with E-state index in [2.05, 4.69) is 34.6 Å². The minimum atomic E-state index is 0.938. The summed E-state index contributed by atoms with van der Waals surface area (Å²) in [4.78, 5) is 0. The lowest BCUT2D eigenvalue weighted by atomic mass is 9.81. The van der Waals surface area contributed by atoms with Gasteiger partial charge in [0.05, 0.1) is 0 Å². The van der Waals surface area contributed by atoms with Crippen LogP contribution in [0.2, 0.25) is 0 Å². The molecule has 0 aliphatic heterocycles. The smallest absolute Gasteiger partial charge is 0.0391 e. The first-order valence-corrected chi connectivity index (χ1v) is 8.69. The zero-order valence-electron chi connectivity index (χ0n) is 13.8. The highest BCUT2D eigenvalue weighted by Gasteiger charge is 2.16. The van der Waals surface area contributed by atoms with Gasteiger partial charge in [-0.05, 0) is 24.2 Å². The summed E-state index contributed by atoms with van der Waals surface area (Å²) in [6, 6.07) is 0. The van der Waals surface area contributed by atoms with E-state index in [1.54, 1.807) is 0 Å². The van der Waals surface area contributed by atoms with Gasteiger partial charge in [-0.3, -0.25) is 0 Å². The van der Waals surface area contributed by atoms with E-state index < -0.39 is 0 Å². The van der Waals surface area contributed by atoms with Crippen LogP contribution in [0.25, 0.3) is 0 Å². The lowest BCUT2D eigenvalue weighted by molar-refractivity contribution is 0.271. The molecule has 0 heterocycles. The van der Waals surface area contributed by atoms with E-state index in [9.17, 15) is 0 Å². The van der Waals surface area contributed by atoms with Crippen LogP contribution < -0.4 is 0 Å². The molecule has 0 rings (SSSR count). The van der Waals surface area contributed by atoms with Crippen molar-refractivity contribution in [1.29, 1.82) is 0 Å². The molecule has 0 fully saturated rings. The van der Waals surface area contributed by atoms with Gasteiger partial charge in [-0.25, -0.2) is 0 Å². The first kappa shape index (κ1) is 18.0. The Morgan fingerprint density at radius 1 is 0.667 bits per heavy atom. The zero-order valence-corrected chi connectivity index (χ0v) is 13.8.